The molecule has 0 bridgehead atoms. The summed E-state index contributed by atoms with van der Waals surface area (Å²) < 4.78 is 5.72. The summed E-state index contributed by atoms with van der Waals surface area (Å²) in [4.78, 5) is 2.48. The largest absolute Gasteiger partial charge is 0.377 e. The predicted octanol–water partition coefficient (Wildman–Crippen LogP) is 1.61. The molecule has 0 radical (unpaired) electrons. The van der Waals surface area contributed by atoms with Gasteiger partial charge in [0.1, 0.15) is 0 Å². The molecule has 1 aliphatic heterocycles. The Morgan fingerprint density at radius 2 is 2.25 bits per heavy atom. The monoisotopic (exact) mass is 226 g/mol. The first kappa shape index (κ1) is 12.3. The van der Waals surface area contributed by atoms with Gasteiger partial charge in [0.2, 0.25) is 0 Å². The summed E-state index contributed by atoms with van der Waals surface area (Å²) in [5, 5.41) is 0. The lowest BCUT2D eigenvalue weighted by Crippen LogP contribution is -2.52. The van der Waals surface area contributed by atoms with Gasteiger partial charge in [-0.3, -0.25) is 4.90 Å². The molecule has 3 heteroatoms. The highest BCUT2D eigenvalue weighted by Gasteiger charge is 2.40. The lowest BCUT2D eigenvalue weighted by molar-refractivity contribution is 0.0379. The van der Waals surface area contributed by atoms with Gasteiger partial charge < -0.3 is 10.5 Å². The van der Waals surface area contributed by atoms with Gasteiger partial charge in [-0.1, -0.05) is 6.92 Å². The van der Waals surface area contributed by atoms with E-state index in [0.29, 0.717) is 6.10 Å². The van der Waals surface area contributed by atoms with Gasteiger partial charge >= 0.3 is 0 Å². The lowest BCUT2D eigenvalue weighted by atomic mass is 9.94. The van der Waals surface area contributed by atoms with Crippen LogP contribution in [0.25, 0.3) is 0 Å². The molecule has 0 aromatic rings. The molecule has 16 heavy (non-hydrogen) atoms. The maximum absolute atomic E-state index is 6.02. The first-order valence-corrected chi connectivity index (χ1v) is 6.69. The Hall–Kier alpha value is -0.120. The third kappa shape index (κ3) is 2.41. The number of ether oxygens (including phenoxy) is 1. The van der Waals surface area contributed by atoms with Crippen LogP contribution in [0.15, 0.2) is 0 Å². The molecule has 2 rings (SSSR count). The molecule has 1 heterocycles. The van der Waals surface area contributed by atoms with E-state index < -0.39 is 0 Å². The van der Waals surface area contributed by atoms with Crippen LogP contribution in [0.4, 0.5) is 0 Å². The smallest absolute Gasteiger partial charge is 0.0702 e. The fraction of sp³-hybridized carbons (Fsp3) is 1.00. The van der Waals surface area contributed by atoms with Crippen LogP contribution in [-0.4, -0.2) is 43.3 Å². The second kappa shape index (κ2) is 5.03. The van der Waals surface area contributed by atoms with E-state index in [1.165, 1.54) is 32.1 Å². The molecule has 0 amide bonds. The zero-order valence-corrected chi connectivity index (χ0v) is 10.7. The van der Waals surface area contributed by atoms with Gasteiger partial charge in [0.25, 0.3) is 0 Å². The summed E-state index contributed by atoms with van der Waals surface area (Å²) in [5.74, 6) is 0.829. The Morgan fingerprint density at radius 1 is 1.44 bits per heavy atom. The van der Waals surface area contributed by atoms with Crippen molar-refractivity contribution in [2.75, 3.05) is 26.7 Å². The quantitative estimate of drug-likeness (QED) is 0.791. The van der Waals surface area contributed by atoms with Gasteiger partial charge in [0.15, 0.2) is 0 Å². The van der Waals surface area contributed by atoms with Crippen molar-refractivity contribution in [3.8, 4) is 0 Å². The van der Waals surface area contributed by atoms with Crippen molar-refractivity contribution >= 4 is 0 Å². The number of rotatable bonds is 4. The standard InChI is InChI=1S/C13H26N2O/c1-11-5-6-13(8-11,10-14)15(2)9-12-4-3-7-16-12/h11-12H,3-10,14H2,1-2H3. The number of nitrogens with two attached hydrogens (primary N) is 1. The molecule has 3 unspecified atom stereocenters. The van der Waals surface area contributed by atoms with E-state index >= 15 is 0 Å². The molecule has 2 fully saturated rings. The summed E-state index contributed by atoms with van der Waals surface area (Å²) in [6.07, 6.45) is 6.74. The molecule has 2 aliphatic rings. The van der Waals surface area contributed by atoms with E-state index in [1.807, 2.05) is 0 Å². The summed E-state index contributed by atoms with van der Waals surface area (Å²) >= 11 is 0. The average Bonchev–Trinajstić information content (AvgIpc) is 2.88. The summed E-state index contributed by atoms with van der Waals surface area (Å²) in [6, 6.07) is 0. The number of hydrogen-bond donors (Lipinski definition) is 1. The normalized spacial score (nSPS) is 39.8. The van der Waals surface area contributed by atoms with Crippen molar-refractivity contribution in [3.05, 3.63) is 0 Å². The van der Waals surface area contributed by atoms with Gasteiger partial charge in [0.05, 0.1) is 6.10 Å². The van der Waals surface area contributed by atoms with E-state index in [1.54, 1.807) is 0 Å². The minimum absolute atomic E-state index is 0.255. The minimum atomic E-state index is 0.255. The van der Waals surface area contributed by atoms with Crippen molar-refractivity contribution in [2.45, 2.75) is 50.7 Å². The molecule has 0 spiro atoms. The molecule has 0 aromatic carbocycles. The zero-order valence-electron chi connectivity index (χ0n) is 10.7. The molecule has 3 nitrogen and oxygen atoms in total. The summed E-state index contributed by atoms with van der Waals surface area (Å²) in [7, 11) is 2.23. The van der Waals surface area contributed by atoms with Gasteiger partial charge in [-0.15, -0.1) is 0 Å². The highest BCUT2D eigenvalue weighted by Crippen LogP contribution is 2.38. The lowest BCUT2D eigenvalue weighted by Gasteiger charge is -2.39. The second-order valence-electron chi connectivity index (χ2n) is 5.79. The van der Waals surface area contributed by atoms with Crippen LogP contribution in [0.3, 0.4) is 0 Å². The van der Waals surface area contributed by atoms with E-state index in [-0.39, 0.29) is 5.54 Å². The van der Waals surface area contributed by atoms with Crippen molar-refractivity contribution in [1.82, 2.24) is 4.90 Å². The van der Waals surface area contributed by atoms with Crippen LogP contribution >= 0.6 is 0 Å². The fourth-order valence-electron chi connectivity index (χ4n) is 3.34. The van der Waals surface area contributed by atoms with Crippen LogP contribution in [0, 0.1) is 5.92 Å². The fourth-order valence-corrected chi connectivity index (χ4v) is 3.34. The van der Waals surface area contributed by atoms with Gasteiger partial charge in [-0.2, -0.15) is 0 Å². The summed E-state index contributed by atoms with van der Waals surface area (Å²) in [5.41, 5.74) is 6.28. The molecule has 1 aliphatic carbocycles. The maximum Gasteiger partial charge on any atom is 0.0702 e. The third-order valence-electron chi connectivity index (χ3n) is 4.52. The average molecular weight is 226 g/mol. The number of hydrogen-bond acceptors (Lipinski definition) is 3. The van der Waals surface area contributed by atoms with E-state index in [9.17, 15) is 0 Å². The van der Waals surface area contributed by atoms with E-state index in [2.05, 4.69) is 18.9 Å². The first-order valence-electron chi connectivity index (χ1n) is 6.69. The van der Waals surface area contributed by atoms with Crippen LogP contribution in [0.5, 0.6) is 0 Å². The molecule has 1 saturated heterocycles. The third-order valence-corrected chi connectivity index (χ3v) is 4.52. The molecule has 0 aromatic heterocycles. The maximum atomic E-state index is 6.02. The topological polar surface area (TPSA) is 38.5 Å². The van der Waals surface area contributed by atoms with E-state index in [0.717, 1.165) is 25.6 Å². The number of likely N-dealkylation sites (N-methyl/N-ethyl adjacent to an activating group) is 1. The minimum Gasteiger partial charge on any atom is -0.377 e. The Labute approximate surface area is 99.3 Å². The van der Waals surface area contributed by atoms with Crippen molar-refractivity contribution in [2.24, 2.45) is 11.7 Å². The molecule has 3 atom stereocenters. The SMILES string of the molecule is CC1CCC(CN)(N(C)CC2CCCO2)C1. The van der Waals surface area contributed by atoms with Crippen LogP contribution in [0.1, 0.15) is 39.0 Å². The second-order valence-corrected chi connectivity index (χ2v) is 5.79. The Kier molecular flexibility index (Phi) is 3.88. The molecular weight excluding hydrogens is 200 g/mol. The van der Waals surface area contributed by atoms with Crippen molar-refractivity contribution < 1.29 is 4.74 Å². The van der Waals surface area contributed by atoms with Gasteiger partial charge in [-0.05, 0) is 45.1 Å². The van der Waals surface area contributed by atoms with Crippen LogP contribution in [-0.2, 0) is 4.74 Å². The van der Waals surface area contributed by atoms with E-state index in [4.69, 9.17) is 10.5 Å². The molecule has 1 saturated carbocycles. The number of nitrogens with zero attached hydrogens (tertiary/aromatic N) is 1. The van der Waals surface area contributed by atoms with Crippen molar-refractivity contribution in [1.29, 1.82) is 0 Å². The Bertz CT molecular complexity index is 228. The van der Waals surface area contributed by atoms with Crippen LogP contribution in [0.2, 0.25) is 0 Å². The zero-order chi connectivity index (χ0) is 11.6. The highest BCUT2D eigenvalue weighted by molar-refractivity contribution is 4.97. The summed E-state index contributed by atoms with van der Waals surface area (Å²) in [6.45, 7) is 5.15. The first-order chi connectivity index (χ1) is 7.66. The van der Waals surface area contributed by atoms with Crippen LogP contribution < -0.4 is 5.73 Å². The predicted molar refractivity (Wildman–Crippen MR) is 66.4 cm³/mol. The highest BCUT2D eigenvalue weighted by atomic mass is 16.5. The van der Waals surface area contributed by atoms with Gasteiger partial charge in [-0.25, -0.2) is 0 Å². The molecule has 94 valence electrons. The Balaban J connectivity index is 1.92. The molecule has 2 N–H and O–H groups in total. The van der Waals surface area contributed by atoms with Crippen molar-refractivity contribution in [3.63, 3.8) is 0 Å². The Morgan fingerprint density at radius 3 is 2.75 bits per heavy atom. The van der Waals surface area contributed by atoms with Gasteiger partial charge in [0, 0.05) is 25.2 Å². The molecular formula is C13H26N2O.